The highest BCUT2D eigenvalue weighted by Crippen LogP contribution is 2.36. The third-order valence-electron chi connectivity index (χ3n) is 4.13. The van der Waals surface area contributed by atoms with Crippen molar-refractivity contribution in [1.29, 1.82) is 0 Å². The molecule has 1 saturated heterocycles. The van der Waals surface area contributed by atoms with E-state index in [0.717, 1.165) is 15.6 Å². The average Bonchev–Trinajstić information content (AvgIpc) is 2.94. The Morgan fingerprint density at radius 3 is 2.43 bits per heavy atom. The zero-order valence-electron chi connectivity index (χ0n) is 12.5. The van der Waals surface area contributed by atoms with Crippen LogP contribution in [0.15, 0.2) is 35.3 Å². The van der Waals surface area contributed by atoms with Gasteiger partial charge in [-0.1, -0.05) is 0 Å². The molecular formula is C14H17BBrN3O2. The van der Waals surface area contributed by atoms with E-state index in [2.05, 4.69) is 26.0 Å². The lowest BCUT2D eigenvalue weighted by Gasteiger charge is -2.32. The van der Waals surface area contributed by atoms with Crippen molar-refractivity contribution in [3.8, 4) is 5.69 Å². The molecule has 3 rings (SSSR count). The Hall–Kier alpha value is -1.18. The summed E-state index contributed by atoms with van der Waals surface area (Å²) in [7, 11) is -0.399. The van der Waals surface area contributed by atoms with Gasteiger partial charge in [-0.05, 0) is 49.7 Å². The Morgan fingerprint density at radius 2 is 1.81 bits per heavy atom. The number of halogens is 1. The van der Waals surface area contributed by atoms with Crippen LogP contribution >= 0.6 is 15.9 Å². The summed E-state index contributed by atoms with van der Waals surface area (Å²) in [6.07, 6.45) is 7.17. The van der Waals surface area contributed by atoms with Crippen LogP contribution in [0, 0.1) is 0 Å². The number of rotatable bonds is 2. The smallest absolute Gasteiger partial charge is 0.399 e. The van der Waals surface area contributed by atoms with E-state index in [-0.39, 0.29) is 11.2 Å². The number of hydrogen-bond acceptors (Lipinski definition) is 4. The first-order valence-corrected chi connectivity index (χ1v) is 7.59. The lowest BCUT2D eigenvalue weighted by molar-refractivity contribution is 0.00578. The van der Waals surface area contributed by atoms with Crippen LogP contribution in [0.1, 0.15) is 27.7 Å². The monoisotopic (exact) mass is 349 g/mol. The predicted molar refractivity (Wildman–Crippen MR) is 84.8 cm³/mol. The maximum atomic E-state index is 6.03. The topological polar surface area (TPSA) is 49.2 Å². The van der Waals surface area contributed by atoms with Crippen molar-refractivity contribution in [2.45, 2.75) is 38.9 Å². The minimum absolute atomic E-state index is 0.350. The van der Waals surface area contributed by atoms with E-state index in [1.165, 1.54) is 0 Å². The first kappa shape index (κ1) is 14.7. The summed E-state index contributed by atoms with van der Waals surface area (Å²) < 4.78 is 14.7. The molecule has 2 aromatic heterocycles. The first-order chi connectivity index (χ1) is 9.80. The molecule has 0 unspecified atom stereocenters. The van der Waals surface area contributed by atoms with Gasteiger partial charge in [0.1, 0.15) is 0 Å². The maximum Gasteiger partial charge on any atom is 0.498 e. The number of pyridine rings is 1. The number of aromatic nitrogens is 3. The van der Waals surface area contributed by atoms with Crippen LogP contribution < -0.4 is 5.46 Å². The highest BCUT2D eigenvalue weighted by atomic mass is 79.9. The minimum Gasteiger partial charge on any atom is -0.399 e. The molecule has 1 aliphatic heterocycles. The third kappa shape index (κ3) is 2.54. The second kappa shape index (κ2) is 4.93. The van der Waals surface area contributed by atoms with Crippen molar-refractivity contribution in [1.82, 2.24) is 14.8 Å². The molecule has 0 aliphatic carbocycles. The Bertz CT molecular complexity index is 656. The predicted octanol–water partition coefficient (Wildman–Crippen LogP) is 2.33. The molecule has 110 valence electrons. The van der Waals surface area contributed by atoms with Crippen LogP contribution in [0.2, 0.25) is 0 Å². The van der Waals surface area contributed by atoms with Crippen molar-refractivity contribution in [2.75, 3.05) is 0 Å². The van der Waals surface area contributed by atoms with E-state index in [1.807, 2.05) is 40.0 Å². The van der Waals surface area contributed by atoms with E-state index < -0.39 is 7.12 Å². The highest BCUT2D eigenvalue weighted by Gasteiger charge is 2.52. The largest absolute Gasteiger partial charge is 0.498 e. The van der Waals surface area contributed by atoms with Crippen molar-refractivity contribution >= 4 is 28.5 Å². The molecule has 0 radical (unpaired) electrons. The Balaban J connectivity index is 1.89. The average molecular weight is 350 g/mol. The zero-order chi connectivity index (χ0) is 15.3. The van der Waals surface area contributed by atoms with Crippen LogP contribution in [0.25, 0.3) is 5.69 Å². The van der Waals surface area contributed by atoms with E-state index in [9.17, 15) is 0 Å². The lowest BCUT2D eigenvalue weighted by Crippen LogP contribution is -2.41. The summed E-state index contributed by atoms with van der Waals surface area (Å²) in [6.45, 7) is 8.15. The van der Waals surface area contributed by atoms with Crippen LogP contribution in [0.4, 0.5) is 0 Å². The molecule has 1 fully saturated rings. The van der Waals surface area contributed by atoms with E-state index in [4.69, 9.17) is 9.31 Å². The van der Waals surface area contributed by atoms with Crippen LogP contribution in [0.5, 0.6) is 0 Å². The number of nitrogens with zero attached hydrogens (tertiary/aromatic N) is 3. The molecule has 1 aliphatic rings. The quantitative estimate of drug-likeness (QED) is 0.781. The number of hydrogen-bond donors (Lipinski definition) is 0. The van der Waals surface area contributed by atoms with Crippen LogP contribution in [-0.4, -0.2) is 33.1 Å². The van der Waals surface area contributed by atoms with Gasteiger partial charge < -0.3 is 9.31 Å². The summed E-state index contributed by atoms with van der Waals surface area (Å²) in [5.74, 6) is 0. The van der Waals surface area contributed by atoms with Gasteiger partial charge in [0.15, 0.2) is 0 Å². The highest BCUT2D eigenvalue weighted by molar-refractivity contribution is 9.10. The summed E-state index contributed by atoms with van der Waals surface area (Å²) >= 11 is 3.48. The van der Waals surface area contributed by atoms with Gasteiger partial charge in [0.25, 0.3) is 0 Å². The normalized spacial score (nSPS) is 20.0. The molecule has 0 bridgehead atoms. The van der Waals surface area contributed by atoms with Gasteiger partial charge in [-0.15, -0.1) is 0 Å². The molecule has 3 heterocycles. The summed E-state index contributed by atoms with van der Waals surface area (Å²) in [4.78, 5) is 4.06. The molecule has 5 nitrogen and oxygen atoms in total. The molecule has 21 heavy (non-hydrogen) atoms. The van der Waals surface area contributed by atoms with E-state index >= 15 is 0 Å². The Morgan fingerprint density at radius 1 is 1.14 bits per heavy atom. The molecule has 0 atom stereocenters. The van der Waals surface area contributed by atoms with Crippen molar-refractivity contribution in [3.63, 3.8) is 0 Å². The lowest BCUT2D eigenvalue weighted by atomic mass is 9.82. The first-order valence-electron chi connectivity index (χ1n) is 6.80. The van der Waals surface area contributed by atoms with Gasteiger partial charge >= 0.3 is 7.12 Å². The fraction of sp³-hybridized carbons (Fsp3) is 0.429. The molecular weight excluding hydrogens is 333 g/mol. The van der Waals surface area contributed by atoms with Gasteiger partial charge in [-0.25, -0.2) is 4.68 Å². The molecule has 0 amide bonds. The van der Waals surface area contributed by atoms with Crippen LogP contribution in [0.3, 0.4) is 0 Å². The fourth-order valence-corrected chi connectivity index (χ4v) is 2.56. The van der Waals surface area contributed by atoms with Gasteiger partial charge in [0.05, 0.1) is 21.4 Å². The Labute approximate surface area is 132 Å². The third-order valence-corrected chi connectivity index (χ3v) is 4.74. The summed E-state index contributed by atoms with van der Waals surface area (Å²) in [5.41, 5.74) is 1.12. The second-order valence-corrected chi connectivity index (χ2v) is 6.99. The van der Waals surface area contributed by atoms with Crippen molar-refractivity contribution in [2.24, 2.45) is 0 Å². The van der Waals surface area contributed by atoms with Crippen molar-refractivity contribution in [3.05, 3.63) is 35.3 Å². The minimum atomic E-state index is -0.399. The molecule has 0 saturated carbocycles. The molecule has 0 N–H and O–H groups in total. The standard InChI is InChI=1S/C14H17BBrN3O2/c1-13(2)14(3,4)21-15(20-13)10-7-18-19(9-10)12-5-6-17-8-11(12)16/h5-9H,1-4H3. The summed E-state index contributed by atoms with van der Waals surface area (Å²) in [5, 5.41) is 4.39. The second-order valence-electron chi connectivity index (χ2n) is 6.13. The Kier molecular flexibility index (Phi) is 3.46. The van der Waals surface area contributed by atoms with Gasteiger partial charge in [-0.3, -0.25) is 4.98 Å². The van der Waals surface area contributed by atoms with Gasteiger partial charge in [0.2, 0.25) is 0 Å². The SMILES string of the molecule is CC1(C)OB(c2cnn(-c3ccncc3Br)c2)OC1(C)C. The molecule has 7 heteroatoms. The molecule has 2 aromatic rings. The van der Waals surface area contributed by atoms with Gasteiger partial charge in [-0.2, -0.15) is 5.10 Å². The molecule has 0 aromatic carbocycles. The van der Waals surface area contributed by atoms with Crippen molar-refractivity contribution < 1.29 is 9.31 Å². The molecule has 0 spiro atoms. The van der Waals surface area contributed by atoms with Crippen LogP contribution in [-0.2, 0) is 9.31 Å². The summed E-state index contributed by atoms with van der Waals surface area (Å²) in [6, 6.07) is 1.89. The zero-order valence-corrected chi connectivity index (χ0v) is 14.1. The van der Waals surface area contributed by atoms with E-state index in [1.54, 1.807) is 23.3 Å². The van der Waals surface area contributed by atoms with E-state index in [0.29, 0.717) is 0 Å². The van der Waals surface area contributed by atoms with Gasteiger partial charge in [0, 0.05) is 30.3 Å². The maximum absolute atomic E-state index is 6.03. The fourth-order valence-electron chi connectivity index (χ4n) is 2.12.